The fourth-order valence-electron chi connectivity index (χ4n) is 0. The summed E-state index contributed by atoms with van der Waals surface area (Å²) >= 11 is 0. The summed E-state index contributed by atoms with van der Waals surface area (Å²) in [5, 5.41) is 0. The molecule has 0 radical (unpaired) electrons. The SMILES string of the molecule is CP(O)O.[Cl-].[Cl-]. The van der Waals surface area contributed by atoms with Crippen LogP contribution in [0.4, 0.5) is 0 Å². The second-order valence-electron chi connectivity index (χ2n) is 0.489. The van der Waals surface area contributed by atoms with Crippen molar-refractivity contribution >= 4 is 8.38 Å². The van der Waals surface area contributed by atoms with Crippen molar-refractivity contribution in [3.63, 3.8) is 0 Å². The Morgan fingerprint density at radius 2 is 1.17 bits per heavy atom. The molecule has 0 heterocycles. The molecule has 0 spiro atoms. The van der Waals surface area contributed by atoms with Crippen LogP contribution in [0.3, 0.4) is 0 Å². The topological polar surface area (TPSA) is 40.5 Å². The smallest absolute Gasteiger partial charge is 0.161 e. The molecule has 2 N–H and O–H groups in total. The van der Waals surface area contributed by atoms with E-state index in [1.54, 1.807) is 0 Å². The summed E-state index contributed by atoms with van der Waals surface area (Å²) in [5.74, 6) is 0. The summed E-state index contributed by atoms with van der Waals surface area (Å²) in [7, 11) is -1.62. The van der Waals surface area contributed by atoms with Crippen molar-refractivity contribution in [2.75, 3.05) is 6.66 Å². The Kier molecular flexibility index (Phi) is 24.5. The highest BCUT2D eigenvalue weighted by Gasteiger charge is 1.72. The fraction of sp³-hybridized carbons (Fsp3) is 1.00. The first-order valence-electron chi connectivity index (χ1n) is 0.847. The van der Waals surface area contributed by atoms with E-state index in [4.69, 9.17) is 9.79 Å². The molecular weight excluding hydrogens is 146 g/mol. The average molecular weight is 151 g/mol. The third-order valence-electron chi connectivity index (χ3n) is 0. The van der Waals surface area contributed by atoms with Crippen molar-refractivity contribution in [1.29, 1.82) is 0 Å². The van der Waals surface area contributed by atoms with E-state index < -0.39 is 8.38 Å². The summed E-state index contributed by atoms with van der Waals surface area (Å²) in [4.78, 5) is 15.4. The zero-order valence-corrected chi connectivity index (χ0v) is 5.50. The second-order valence-corrected chi connectivity index (χ2v) is 1.47. The van der Waals surface area contributed by atoms with Crippen molar-refractivity contribution in [3.8, 4) is 0 Å². The maximum Gasteiger partial charge on any atom is 0.161 e. The van der Waals surface area contributed by atoms with E-state index in [9.17, 15) is 0 Å². The highest BCUT2D eigenvalue weighted by atomic mass is 35.5. The van der Waals surface area contributed by atoms with Crippen LogP contribution >= 0.6 is 8.38 Å². The monoisotopic (exact) mass is 150 g/mol. The molecule has 0 aromatic rings. The normalized spacial score (nSPS) is 6.00. The predicted octanol–water partition coefficient (Wildman–Crippen LogP) is -6.08. The Balaban J connectivity index is -0.0000000450. The Hall–Kier alpha value is 0.930. The maximum atomic E-state index is 7.68. The first-order chi connectivity index (χ1) is 1.73. The molecule has 0 aliphatic rings. The highest BCUT2D eigenvalue weighted by Crippen LogP contribution is 2.12. The number of rotatable bonds is 0. The van der Waals surface area contributed by atoms with Crippen LogP contribution in [0.15, 0.2) is 0 Å². The second kappa shape index (κ2) is 9.33. The van der Waals surface area contributed by atoms with Crippen LogP contribution in [0.1, 0.15) is 0 Å². The first kappa shape index (κ1) is 15.8. The molecular formula is CH5Cl2O2P-2. The van der Waals surface area contributed by atoms with Gasteiger partial charge >= 0.3 is 0 Å². The Morgan fingerprint density at radius 3 is 1.17 bits per heavy atom. The molecule has 42 valence electrons. The molecule has 2 nitrogen and oxygen atoms in total. The van der Waals surface area contributed by atoms with Crippen LogP contribution in [0.2, 0.25) is 0 Å². The molecule has 0 aromatic carbocycles. The highest BCUT2D eigenvalue weighted by molar-refractivity contribution is 7.44. The zero-order chi connectivity index (χ0) is 3.58. The van der Waals surface area contributed by atoms with Gasteiger partial charge in [-0.25, -0.2) is 0 Å². The van der Waals surface area contributed by atoms with Crippen LogP contribution < -0.4 is 24.8 Å². The maximum absolute atomic E-state index is 7.68. The van der Waals surface area contributed by atoms with Crippen LogP contribution in [-0.2, 0) is 0 Å². The molecule has 0 saturated heterocycles. The van der Waals surface area contributed by atoms with E-state index in [0.717, 1.165) is 0 Å². The summed E-state index contributed by atoms with van der Waals surface area (Å²) in [5.41, 5.74) is 0. The van der Waals surface area contributed by atoms with Crippen molar-refractivity contribution in [2.24, 2.45) is 0 Å². The molecule has 0 aromatic heterocycles. The van der Waals surface area contributed by atoms with Gasteiger partial charge in [0.1, 0.15) is 0 Å². The first-order valence-corrected chi connectivity index (χ1v) is 2.54. The lowest BCUT2D eigenvalue weighted by atomic mass is 12.0. The summed E-state index contributed by atoms with van der Waals surface area (Å²) in [6.45, 7) is 1.34. The quantitative estimate of drug-likeness (QED) is 0.338. The summed E-state index contributed by atoms with van der Waals surface area (Å²) < 4.78 is 0. The predicted molar refractivity (Wildman–Crippen MR) is 17.3 cm³/mol. The van der Waals surface area contributed by atoms with Crippen molar-refractivity contribution in [2.45, 2.75) is 0 Å². The number of hydrogen-bond donors (Lipinski definition) is 2. The molecule has 0 unspecified atom stereocenters. The standard InChI is InChI=1S/CH5O2P.2ClH/c1-4(2)3;;/h2-3H,1H3;2*1H/p-2. The average Bonchev–Trinajstić information content (AvgIpc) is 0.811. The molecule has 0 amide bonds. The largest absolute Gasteiger partial charge is 1.00 e. The van der Waals surface area contributed by atoms with Gasteiger partial charge in [0, 0.05) is 6.66 Å². The van der Waals surface area contributed by atoms with Crippen LogP contribution in [0, 0.1) is 0 Å². The third-order valence-corrected chi connectivity index (χ3v) is 0. The number of hydrogen-bond acceptors (Lipinski definition) is 2. The molecule has 0 saturated carbocycles. The van der Waals surface area contributed by atoms with Gasteiger partial charge in [0.05, 0.1) is 0 Å². The molecule has 6 heavy (non-hydrogen) atoms. The molecule has 0 aliphatic heterocycles. The molecule has 0 aliphatic carbocycles. The van der Waals surface area contributed by atoms with Gasteiger partial charge in [-0.3, -0.25) is 0 Å². The summed E-state index contributed by atoms with van der Waals surface area (Å²) in [6.07, 6.45) is 0. The Bertz CT molecular complexity index is 16.3. The Morgan fingerprint density at radius 1 is 1.17 bits per heavy atom. The molecule has 0 fully saturated rings. The van der Waals surface area contributed by atoms with E-state index in [1.165, 1.54) is 6.66 Å². The molecule has 0 rings (SSSR count). The minimum atomic E-state index is -1.62. The van der Waals surface area contributed by atoms with Crippen molar-refractivity contribution in [1.82, 2.24) is 0 Å². The summed E-state index contributed by atoms with van der Waals surface area (Å²) in [6, 6.07) is 0. The van der Waals surface area contributed by atoms with E-state index >= 15 is 0 Å². The number of halogens is 2. The molecule has 0 atom stereocenters. The van der Waals surface area contributed by atoms with Crippen molar-refractivity contribution < 1.29 is 34.6 Å². The minimum absolute atomic E-state index is 0. The van der Waals surface area contributed by atoms with Gasteiger partial charge in [0.2, 0.25) is 0 Å². The van der Waals surface area contributed by atoms with Gasteiger partial charge in [0.15, 0.2) is 8.38 Å². The van der Waals surface area contributed by atoms with Gasteiger partial charge in [0.25, 0.3) is 0 Å². The lowest BCUT2D eigenvalue weighted by Gasteiger charge is -1.79. The van der Waals surface area contributed by atoms with Crippen molar-refractivity contribution in [3.05, 3.63) is 0 Å². The van der Waals surface area contributed by atoms with E-state index in [1.807, 2.05) is 0 Å². The van der Waals surface area contributed by atoms with E-state index in [0.29, 0.717) is 0 Å². The van der Waals surface area contributed by atoms with Gasteiger partial charge in [-0.15, -0.1) is 0 Å². The van der Waals surface area contributed by atoms with Gasteiger partial charge in [-0.05, 0) is 0 Å². The molecule has 0 bridgehead atoms. The molecule has 5 heteroatoms. The van der Waals surface area contributed by atoms with Crippen LogP contribution in [0.5, 0.6) is 0 Å². The van der Waals surface area contributed by atoms with Crippen LogP contribution in [0.25, 0.3) is 0 Å². The minimum Gasteiger partial charge on any atom is -1.00 e. The van der Waals surface area contributed by atoms with Crippen LogP contribution in [-0.4, -0.2) is 16.5 Å². The lowest BCUT2D eigenvalue weighted by Crippen LogP contribution is -3.00. The zero-order valence-electron chi connectivity index (χ0n) is 3.10. The fourth-order valence-corrected chi connectivity index (χ4v) is 0. The van der Waals surface area contributed by atoms with Gasteiger partial charge in [-0.2, -0.15) is 0 Å². The van der Waals surface area contributed by atoms with Gasteiger partial charge in [-0.1, -0.05) is 0 Å². The van der Waals surface area contributed by atoms with E-state index in [2.05, 4.69) is 0 Å². The third kappa shape index (κ3) is 88.0. The van der Waals surface area contributed by atoms with E-state index in [-0.39, 0.29) is 24.8 Å². The Labute approximate surface area is 50.3 Å². The van der Waals surface area contributed by atoms with Gasteiger partial charge < -0.3 is 34.6 Å². The lowest BCUT2D eigenvalue weighted by molar-refractivity contribution is -0.00100.